The van der Waals surface area contributed by atoms with Crippen molar-refractivity contribution in [2.45, 2.75) is 12.5 Å². The summed E-state index contributed by atoms with van der Waals surface area (Å²) in [5.74, 6) is -2.88. The average molecular weight is 338 g/mol. The number of aliphatic hydroxyl groups is 1. The van der Waals surface area contributed by atoms with E-state index in [-0.39, 0.29) is 17.6 Å². The van der Waals surface area contributed by atoms with Gasteiger partial charge in [0.25, 0.3) is 5.91 Å². The summed E-state index contributed by atoms with van der Waals surface area (Å²) < 4.78 is 32.0. The summed E-state index contributed by atoms with van der Waals surface area (Å²) in [6.45, 7) is 1.23. The molecule has 0 saturated carbocycles. The molecular formula is C12H14BrF2NO3. The van der Waals surface area contributed by atoms with Crippen LogP contribution in [0.3, 0.4) is 0 Å². The first-order valence-electron chi connectivity index (χ1n) is 5.41. The van der Waals surface area contributed by atoms with Gasteiger partial charge in [-0.15, -0.1) is 0 Å². The van der Waals surface area contributed by atoms with E-state index >= 15 is 0 Å². The zero-order chi connectivity index (χ0) is 14.6. The number of carbonyl (C=O) groups excluding carboxylic acids is 1. The highest BCUT2D eigenvalue weighted by Gasteiger charge is 2.24. The SMILES string of the molecule is COCC(C)(O)CNC(=O)c1c(F)cc(Br)cc1F. The van der Waals surface area contributed by atoms with Crippen LogP contribution in [-0.2, 0) is 4.74 Å². The van der Waals surface area contributed by atoms with Crippen LogP contribution in [0.15, 0.2) is 16.6 Å². The molecule has 0 radical (unpaired) electrons. The van der Waals surface area contributed by atoms with Gasteiger partial charge in [0.05, 0.1) is 6.61 Å². The van der Waals surface area contributed by atoms with Crippen LogP contribution in [0.5, 0.6) is 0 Å². The summed E-state index contributed by atoms with van der Waals surface area (Å²) >= 11 is 2.92. The maximum atomic E-state index is 13.5. The molecule has 1 amide bonds. The molecule has 0 heterocycles. The van der Waals surface area contributed by atoms with E-state index in [1.54, 1.807) is 0 Å². The number of hydrogen-bond donors (Lipinski definition) is 2. The molecule has 0 bridgehead atoms. The number of carbonyl (C=O) groups is 1. The third-order valence-corrected chi connectivity index (χ3v) is 2.78. The largest absolute Gasteiger partial charge is 0.386 e. The lowest BCUT2D eigenvalue weighted by molar-refractivity contribution is -0.0147. The van der Waals surface area contributed by atoms with Gasteiger partial charge in [0.1, 0.15) is 22.8 Å². The summed E-state index contributed by atoms with van der Waals surface area (Å²) in [7, 11) is 1.39. The van der Waals surface area contributed by atoms with Crippen LogP contribution in [-0.4, -0.2) is 36.9 Å². The summed E-state index contributed by atoms with van der Waals surface area (Å²) in [6, 6.07) is 1.98. The summed E-state index contributed by atoms with van der Waals surface area (Å²) in [4.78, 5) is 11.7. The minimum absolute atomic E-state index is 0.0153. The fourth-order valence-corrected chi connectivity index (χ4v) is 1.88. The van der Waals surface area contributed by atoms with Crippen molar-refractivity contribution in [1.29, 1.82) is 0 Å². The fraction of sp³-hybridized carbons (Fsp3) is 0.417. The second-order valence-corrected chi connectivity index (χ2v) is 5.27. The van der Waals surface area contributed by atoms with Gasteiger partial charge in [0.2, 0.25) is 0 Å². The van der Waals surface area contributed by atoms with Crippen LogP contribution in [0.2, 0.25) is 0 Å². The molecule has 1 aromatic rings. The molecule has 7 heteroatoms. The first-order chi connectivity index (χ1) is 8.76. The predicted molar refractivity (Wildman–Crippen MR) is 68.9 cm³/mol. The van der Waals surface area contributed by atoms with Crippen molar-refractivity contribution in [1.82, 2.24) is 5.32 Å². The zero-order valence-corrected chi connectivity index (χ0v) is 12.1. The van der Waals surface area contributed by atoms with Crippen molar-refractivity contribution in [3.05, 3.63) is 33.8 Å². The van der Waals surface area contributed by atoms with Crippen molar-refractivity contribution in [3.63, 3.8) is 0 Å². The Bertz CT molecular complexity index is 457. The Balaban J connectivity index is 2.80. The number of benzene rings is 1. The summed E-state index contributed by atoms with van der Waals surface area (Å²) in [5.41, 5.74) is -2.00. The van der Waals surface area contributed by atoms with Crippen molar-refractivity contribution >= 4 is 21.8 Å². The van der Waals surface area contributed by atoms with E-state index in [0.29, 0.717) is 0 Å². The number of halogens is 3. The van der Waals surface area contributed by atoms with Gasteiger partial charge in [-0.1, -0.05) is 15.9 Å². The monoisotopic (exact) mass is 337 g/mol. The Labute approximate surface area is 117 Å². The van der Waals surface area contributed by atoms with Crippen molar-refractivity contribution < 1.29 is 23.4 Å². The van der Waals surface area contributed by atoms with Gasteiger partial charge in [-0.25, -0.2) is 8.78 Å². The predicted octanol–water partition coefficient (Wildman–Crippen LogP) is 1.85. The lowest BCUT2D eigenvalue weighted by Gasteiger charge is -2.22. The zero-order valence-electron chi connectivity index (χ0n) is 10.5. The van der Waals surface area contributed by atoms with Gasteiger partial charge in [-0.2, -0.15) is 0 Å². The van der Waals surface area contributed by atoms with Crippen LogP contribution in [0, 0.1) is 11.6 Å². The van der Waals surface area contributed by atoms with Crippen molar-refractivity contribution in [2.75, 3.05) is 20.3 Å². The van der Waals surface area contributed by atoms with Crippen molar-refractivity contribution in [2.24, 2.45) is 0 Å². The third kappa shape index (κ3) is 4.52. The van der Waals surface area contributed by atoms with Crippen LogP contribution >= 0.6 is 15.9 Å². The highest BCUT2D eigenvalue weighted by molar-refractivity contribution is 9.10. The topological polar surface area (TPSA) is 58.6 Å². The van der Waals surface area contributed by atoms with Crippen LogP contribution in [0.4, 0.5) is 8.78 Å². The average Bonchev–Trinajstić information content (AvgIpc) is 2.25. The molecule has 106 valence electrons. The standard InChI is InChI=1S/C12H14BrF2NO3/c1-12(18,6-19-2)5-16-11(17)10-8(14)3-7(13)4-9(10)15/h3-4,18H,5-6H2,1-2H3,(H,16,17). The fourth-order valence-electron chi connectivity index (χ4n) is 1.48. The van der Waals surface area contributed by atoms with Gasteiger partial charge < -0.3 is 15.2 Å². The molecule has 19 heavy (non-hydrogen) atoms. The Morgan fingerprint density at radius 3 is 2.47 bits per heavy atom. The molecule has 0 aliphatic carbocycles. The van der Waals surface area contributed by atoms with Gasteiger partial charge in [-0.3, -0.25) is 4.79 Å². The molecule has 2 N–H and O–H groups in total. The van der Waals surface area contributed by atoms with E-state index in [9.17, 15) is 18.7 Å². The summed E-state index contributed by atoms with van der Waals surface area (Å²) in [6.07, 6.45) is 0. The Hall–Kier alpha value is -1.05. The number of amides is 1. The van der Waals surface area contributed by atoms with Crippen LogP contribution < -0.4 is 5.32 Å². The molecule has 0 saturated heterocycles. The van der Waals surface area contributed by atoms with E-state index < -0.39 is 28.7 Å². The molecular weight excluding hydrogens is 324 g/mol. The Morgan fingerprint density at radius 1 is 1.47 bits per heavy atom. The van der Waals surface area contributed by atoms with Crippen molar-refractivity contribution in [3.8, 4) is 0 Å². The molecule has 0 aliphatic heterocycles. The quantitative estimate of drug-likeness (QED) is 0.862. The number of ether oxygens (including phenoxy) is 1. The lowest BCUT2D eigenvalue weighted by atomic mass is 10.1. The minimum atomic E-state index is -1.31. The maximum absolute atomic E-state index is 13.5. The lowest BCUT2D eigenvalue weighted by Crippen LogP contribution is -2.44. The molecule has 1 atom stereocenters. The van der Waals surface area contributed by atoms with E-state index in [2.05, 4.69) is 21.2 Å². The molecule has 4 nitrogen and oxygen atoms in total. The third-order valence-electron chi connectivity index (χ3n) is 2.32. The highest BCUT2D eigenvalue weighted by atomic mass is 79.9. The van der Waals surface area contributed by atoms with Gasteiger partial charge >= 0.3 is 0 Å². The van der Waals surface area contributed by atoms with E-state index in [1.807, 2.05) is 0 Å². The van der Waals surface area contributed by atoms with Gasteiger partial charge in [0, 0.05) is 18.1 Å². The Kier molecular flexibility index (Phi) is 5.39. The smallest absolute Gasteiger partial charge is 0.257 e. The second kappa shape index (κ2) is 6.40. The minimum Gasteiger partial charge on any atom is -0.386 e. The Morgan fingerprint density at radius 2 is 2.00 bits per heavy atom. The normalized spacial score (nSPS) is 14.0. The van der Waals surface area contributed by atoms with E-state index in [4.69, 9.17) is 4.74 Å². The molecule has 0 fully saturated rings. The first kappa shape index (κ1) is 16.0. The van der Waals surface area contributed by atoms with Gasteiger partial charge in [0.15, 0.2) is 0 Å². The van der Waals surface area contributed by atoms with E-state index in [0.717, 1.165) is 12.1 Å². The second-order valence-electron chi connectivity index (χ2n) is 4.36. The van der Waals surface area contributed by atoms with Gasteiger partial charge in [-0.05, 0) is 19.1 Å². The summed E-state index contributed by atoms with van der Waals surface area (Å²) in [5, 5.41) is 12.0. The first-order valence-corrected chi connectivity index (χ1v) is 6.20. The van der Waals surface area contributed by atoms with Crippen LogP contribution in [0.25, 0.3) is 0 Å². The number of hydrogen-bond acceptors (Lipinski definition) is 3. The molecule has 0 aliphatic rings. The maximum Gasteiger partial charge on any atom is 0.257 e. The molecule has 1 rings (SSSR count). The van der Waals surface area contributed by atoms with E-state index in [1.165, 1.54) is 14.0 Å². The molecule has 1 aromatic carbocycles. The number of nitrogens with one attached hydrogen (secondary N) is 1. The molecule has 1 unspecified atom stereocenters. The number of methoxy groups -OCH3 is 1. The molecule has 0 aromatic heterocycles. The molecule has 0 spiro atoms. The van der Waals surface area contributed by atoms with Crippen LogP contribution in [0.1, 0.15) is 17.3 Å². The number of rotatable bonds is 5. The highest BCUT2D eigenvalue weighted by Crippen LogP contribution is 2.19.